The fourth-order valence-corrected chi connectivity index (χ4v) is 1.63. The fourth-order valence-electron chi connectivity index (χ4n) is 1.63. The highest BCUT2D eigenvalue weighted by molar-refractivity contribution is 6.12. The Morgan fingerprint density at radius 1 is 1.31 bits per heavy atom. The maximum absolute atomic E-state index is 11.4. The van der Waals surface area contributed by atoms with Gasteiger partial charge in [0, 0.05) is 5.69 Å². The van der Waals surface area contributed by atoms with Gasteiger partial charge in [0.25, 0.3) is 0 Å². The Hall–Kier alpha value is -2.10. The number of carbonyl (C=O) groups is 2. The number of allylic oxidation sites excluding steroid dienone is 1. The van der Waals surface area contributed by atoms with Crippen LogP contribution < -0.4 is 10.2 Å². The lowest BCUT2D eigenvalue weighted by atomic mass is 10.1. The molecule has 1 fully saturated rings. The van der Waals surface area contributed by atoms with Gasteiger partial charge in [0.1, 0.15) is 6.54 Å². The Balaban J connectivity index is 2.18. The normalized spacial score (nSPS) is 15.1. The summed E-state index contributed by atoms with van der Waals surface area (Å²) in [5, 5.41) is 2.24. The predicted octanol–water partition coefficient (Wildman–Crippen LogP) is 1.47. The molecule has 1 aliphatic heterocycles. The summed E-state index contributed by atoms with van der Waals surface area (Å²) in [4.78, 5) is 23.8. The van der Waals surface area contributed by atoms with Crippen molar-refractivity contribution in [1.82, 2.24) is 5.32 Å². The van der Waals surface area contributed by atoms with E-state index in [9.17, 15) is 9.59 Å². The quantitative estimate of drug-likeness (QED) is 0.614. The van der Waals surface area contributed by atoms with Gasteiger partial charge in [-0.3, -0.25) is 15.0 Å². The summed E-state index contributed by atoms with van der Waals surface area (Å²) in [5.74, 6) is -0.264. The van der Waals surface area contributed by atoms with Gasteiger partial charge >= 0.3 is 6.03 Å². The Morgan fingerprint density at radius 3 is 2.50 bits per heavy atom. The molecule has 1 aliphatic rings. The molecule has 1 aromatic rings. The van der Waals surface area contributed by atoms with Crippen molar-refractivity contribution < 1.29 is 9.59 Å². The third kappa shape index (κ3) is 1.95. The Labute approximate surface area is 93.6 Å². The molecule has 1 aromatic carbocycles. The number of anilines is 1. The molecule has 16 heavy (non-hydrogen) atoms. The topological polar surface area (TPSA) is 49.4 Å². The van der Waals surface area contributed by atoms with Crippen molar-refractivity contribution >= 4 is 17.6 Å². The second kappa shape index (κ2) is 4.18. The number of hydrogen-bond acceptors (Lipinski definition) is 2. The molecule has 0 atom stereocenters. The molecular weight excluding hydrogens is 204 g/mol. The number of hydrogen-bond donors (Lipinski definition) is 1. The van der Waals surface area contributed by atoms with Crippen LogP contribution in [-0.2, 0) is 11.2 Å². The standard InChI is InChI=1S/C12H12N2O2/c1-2-3-9-4-6-10(7-5-9)14-8-11(15)13-12(14)16/h2,4-7H,1,3,8H2,(H,13,15,16). The minimum Gasteiger partial charge on any atom is -0.285 e. The van der Waals surface area contributed by atoms with E-state index >= 15 is 0 Å². The molecule has 1 N–H and O–H groups in total. The fraction of sp³-hybridized carbons (Fsp3) is 0.167. The van der Waals surface area contributed by atoms with Crippen molar-refractivity contribution in [3.8, 4) is 0 Å². The summed E-state index contributed by atoms with van der Waals surface area (Å²) in [6, 6.07) is 7.15. The lowest BCUT2D eigenvalue weighted by Crippen LogP contribution is -2.27. The van der Waals surface area contributed by atoms with Gasteiger partial charge in [0.2, 0.25) is 5.91 Å². The monoisotopic (exact) mass is 216 g/mol. The predicted molar refractivity (Wildman–Crippen MR) is 61.2 cm³/mol. The van der Waals surface area contributed by atoms with Gasteiger partial charge in [-0.05, 0) is 24.1 Å². The van der Waals surface area contributed by atoms with Crippen molar-refractivity contribution in [2.24, 2.45) is 0 Å². The van der Waals surface area contributed by atoms with E-state index in [1.807, 2.05) is 30.3 Å². The molecule has 0 unspecified atom stereocenters. The highest BCUT2D eigenvalue weighted by atomic mass is 16.2. The highest BCUT2D eigenvalue weighted by Crippen LogP contribution is 2.17. The van der Waals surface area contributed by atoms with E-state index in [0.29, 0.717) is 0 Å². The lowest BCUT2D eigenvalue weighted by molar-refractivity contribution is -0.117. The van der Waals surface area contributed by atoms with Crippen molar-refractivity contribution in [2.45, 2.75) is 6.42 Å². The van der Waals surface area contributed by atoms with Crippen LogP contribution in [-0.4, -0.2) is 18.5 Å². The first-order valence-electron chi connectivity index (χ1n) is 5.02. The molecule has 4 nitrogen and oxygen atoms in total. The summed E-state index contributed by atoms with van der Waals surface area (Å²) >= 11 is 0. The van der Waals surface area contributed by atoms with Crippen LogP contribution in [0.3, 0.4) is 0 Å². The minimum absolute atomic E-state index is 0.0969. The molecule has 0 spiro atoms. The number of imide groups is 1. The lowest BCUT2D eigenvalue weighted by Gasteiger charge is -2.13. The number of nitrogens with one attached hydrogen (secondary N) is 1. The summed E-state index contributed by atoms with van der Waals surface area (Å²) < 4.78 is 0. The molecule has 0 aromatic heterocycles. The van der Waals surface area contributed by atoms with E-state index in [0.717, 1.165) is 17.7 Å². The zero-order valence-electron chi connectivity index (χ0n) is 8.77. The van der Waals surface area contributed by atoms with Gasteiger partial charge in [0.15, 0.2) is 0 Å². The van der Waals surface area contributed by atoms with Gasteiger partial charge in [0.05, 0.1) is 0 Å². The number of urea groups is 1. The van der Waals surface area contributed by atoms with Crippen molar-refractivity contribution in [1.29, 1.82) is 0 Å². The van der Waals surface area contributed by atoms with Crippen molar-refractivity contribution in [3.05, 3.63) is 42.5 Å². The van der Waals surface area contributed by atoms with Gasteiger partial charge in [-0.25, -0.2) is 4.79 Å². The van der Waals surface area contributed by atoms with E-state index in [-0.39, 0.29) is 18.5 Å². The first kappa shape index (κ1) is 10.4. The van der Waals surface area contributed by atoms with Crippen LogP contribution in [0.15, 0.2) is 36.9 Å². The molecule has 0 bridgehead atoms. The van der Waals surface area contributed by atoms with Crippen LogP contribution in [0.4, 0.5) is 10.5 Å². The molecular formula is C12H12N2O2. The largest absolute Gasteiger partial charge is 0.329 e. The smallest absolute Gasteiger partial charge is 0.285 e. The average molecular weight is 216 g/mol. The molecule has 0 aliphatic carbocycles. The number of benzene rings is 1. The maximum Gasteiger partial charge on any atom is 0.329 e. The van der Waals surface area contributed by atoms with Gasteiger partial charge in [-0.1, -0.05) is 18.2 Å². The van der Waals surface area contributed by atoms with Gasteiger partial charge in [-0.15, -0.1) is 6.58 Å². The van der Waals surface area contributed by atoms with E-state index in [1.165, 1.54) is 4.90 Å². The Morgan fingerprint density at radius 2 is 2.00 bits per heavy atom. The van der Waals surface area contributed by atoms with Crippen LogP contribution >= 0.6 is 0 Å². The first-order valence-corrected chi connectivity index (χ1v) is 5.02. The third-order valence-corrected chi connectivity index (χ3v) is 2.42. The molecule has 2 rings (SSSR count). The van der Waals surface area contributed by atoms with E-state index in [4.69, 9.17) is 0 Å². The van der Waals surface area contributed by atoms with Crippen LogP contribution in [0, 0.1) is 0 Å². The molecule has 82 valence electrons. The molecule has 0 saturated carbocycles. The number of amides is 3. The summed E-state index contributed by atoms with van der Waals surface area (Å²) in [5.41, 5.74) is 1.86. The van der Waals surface area contributed by atoms with Crippen molar-refractivity contribution in [3.63, 3.8) is 0 Å². The molecule has 1 heterocycles. The number of nitrogens with zero attached hydrogens (tertiary/aromatic N) is 1. The first-order chi connectivity index (χ1) is 7.70. The Bertz CT molecular complexity index is 437. The number of rotatable bonds is 3. The van der Waals surface area contributed by atoms with E-state index < -0.39 is 0 Å². The molecule has 4 heteroatoms. The average Bonchev–Trinajstić information content (AvgIpc) is 2.59. The summed E-state index contributed by atoms with van der Waals surface area (Å²) in [6.45, 7) is 3.76. The zero-order chi connectivity index (χ0) is 11.5. The molecule has 1 saturated heterocycles. The van der Waals surface area contributed by atoms with Gasteiger partial charge < -0.3 is 0 Å². The van der Waals surface area contributed by atoms with Crippen LogP contribution in [0.1, 0.15) is 5.56 Å². The van der Waals surface area contributed by atoms with Crippen LogP contribution in [0.25, 0.3) is 0 Å². The third-order valence-electron chi connectivity index (χ3n) is 2.42. The molecule has 3 amide bonds. The zero-order valence-corrected chi connectivity index (χ0v) is 8.77. The SMILES string of the molecule is C=CCc1ccc(N2CC(=O)NC2=O)cc1. The second-order valence-corrected chi connectivity index (χ2v) is 3.60. The second-order valence-electron chi connectivity index (χ2n) is 3.60. The van der Waals surface area contributed by atoms with Crippen molar-refractivity contribution in [2.75, 3.05) is 11.4 Å². The van der Waals surface area contributed by atoms with Gasteiger partial charge in [-0.2, -0.15) is 0 Å². The molecule has 0 radical (unpaired) electrons. The minimum atomic E-state index is -0.360. The number of carbonyl (C=O) groups excluding carboxylic acids is 2. The maximum atomic E-state index is 11.4. The van der Waals surface area contributed by atoms with Crippen LogP contribution in [0.5, 0.6) is 0 Å². The summed E-state index contributed by atoms with van der Waals surface area (Å²) in [6.07, 6.45) is 2.62. The highest BCUT2D eigenvalue weighted by Gasteiger charge is 2.27. The Kier molecular flexibility index (Phi) is 2.72. The summed E-state index contributed by atoms with van der Waals surface area (Å²) in [7, 11) is 0. The van der Waals surface area contributed by atoms with E-state index in [2.05, 4.69) is 11.9 Å². The van der Waals surface area contributed by atoms with Crippen LogP contribution in [0.2, 0.25) is 0 Å². The van der Waals surface area contributed by atoms with E-state index in [1.54, 1.807) is 0 Å².